The van der Waals surface area contributed by atoms with Crippen LogP contribution in [0.15, 0.2) is 158 Å². The Hall–Kier alpha value is -6.02. The first kappa shape index (κ1) is 37.3. The molecule has 0 aromatic heterocycles. The largest absolute Gasteiger partial charge is 0.449 e. The molecule has 0 saturated carbocycles. The SMILES string of the molecule is Cc1ccc(C(NCCCC[C@@H](NC(=O)OCC2c3ccccc3-c3ccccc32)C(=O)Nc2ccc(CO)cc2)(c2ccccc2)c2ccccc2)cc1. The van der Waals surface area contributed by atoms with E-state index in [4.69, 9.17) is 4.74 Å². The fourth-order valence-electron chi connectivity index (χ4n) is 7.71. The van der Waals surface area contributed by atoms with Crippen LogP contribution in [0.3, 0.4) is 0 Å². The number of carbonyl (C=O) groups excluding carboxylic acids is 2. The number of hydrogen-bond acceptors (Lipinski definition) is 5. The number of alkyl carbamates (subject to hydrolysis) is 1. The molecule has 2 amide bonds. The Morgan fingerprint density at radius 3 is 1.80 bits per heavy atom. The molecule has 0 unspecified atom stereocenters. The number of fused-ring (bicyclic) bond motifs is 3. The van der Waals surface area contributed by atoms with Crippen LogP contribution in [0.25, 0.3) is 11.1 Å². The van der Waals surface area contributed by atoms with Crippen molar-refractivity contribution in [3.05, 3.63) is 197 Å². The molecule has 7 heteroatoms. The van der Waals surface area contributed by atoms with Crippen molar-refractivity contribution in [2.75, 3.05) is 18.5 Å². The molecule has 0 aliphatic heterocycles. The lowest BCUT2D eigenvalue weighted by Gasteiger charge is -2.37. The predicted molar refractivity (Wildman–Crippen MR) is 219 cm³/mol. The number of amides is 2. The van der Waals surface area contributed by atoms with Crippen LogP contribution in [0, 0.1) is 6.92 Å². The van der Waals surface area contributed by atoms with Gasteiger partial charge in [0.15, 0.2) is 0 Å². The van der Waals surface area contributed by atoms with Gasteiger partial charge >= 0.3 is 6.09 Å². The summed E-state index contributed by atoms with van der Waals surface area (Å²) in [6, 6.07) is 52.2. The zero-order valence-electron chi connectivity index (χ0n) is 31.1. The molecule has 0 heterocycles. The number of nitrogens with one attached hydrogen (secondary N) is 3. The summed E-state index contributed by atoms with van der Waals surface area (Å²) in [7, 11) is 0. The van der Waals surface area contributed by atoms with Crippen LogP contribution in [0.2, 0.25) is 0 Å². The van der Waals surface area contributed by atoms with E-state index in [0.717, 1.165) is 50.9 Å². The van der Waals surface area contributed by atoms with E-state index in [1.165, 1.54) is 5.56 Å². The van der Waals surface area contributed by atoms with Gasteiger partial charge in [0.05, 0.1) is 12.1 Å². The minimum absolute atomic E-state index is 0.0893. The van der Waals surface area contributed by atoms with Crippen LogP contribution < -0.4 is 16.0 Å². The zero-order chi connectivity index (χ0) is 38.0. The highest BCUT2D eigenvalue weighted by molar-refractivity contribution is 5.96. The number of ether oxygens (including phenoxy) is 1. The molecule has 0 spiro atoms. The molecule has 1 atom stereocenters. The Labute approximate surface area is 323 Å². The van der Waals surface area contributed by atoms with Gasteiger partial charge in [0.1, 0.15) is 12.6 Å². The fourth-order valence-corrected chi connectivity index (χ4v) is 7.71. The number of carbonyl (C=O) groups is 2. The van der Waals surface area contributed by atoms with Crippen molar-refractivity contribution in [1.82, 2.24) is 10.6 Å². The van der Waals surface area contributed by atoms with Crippen molar-refractivity contribution < 1.29 is 19.4 Å². The van der Waals surface area contributed by atoms with Crippen LogP contribution >= 0.6 is 0 Å². The van der Waals surface area contributed by atoms with Gasteiger partial charge in [-0.3, -0.25) is 10.1 Å². The molecule has 6 aromatic carbocycles. The van der Waals surface area contributed by atoms with Gasteiger partial charge in [-0.2, -0.15) is 0 Å². The molecule has 6 aromatic rings. The molecular formula is C48H47N3O4. The smallest absolute Gasteiger partial charge is 0.407 e. The van der Waals surface area contributed by atoms with Crippen molar-refractivity contribution in [3.8, 4) is 11.1 Å². The van der Waals surface area contributed by atoms with Gasteiger partial charge in [-0.25, -0.2) is 4.79 Å². The summed E-state index contributed by atoms with van der Waals surface area (Å²) < 4.78 is 5.86. The zero-order valence-corrected chi connectivity index (χ0v) is 31.1. The quantitative estimate of drug-likeness (QED) is 0.0625. The van der Waals surface area contributed by atoms with E-state index in [-0.39, 0.29) is 25.0 Å². The van der Waals surface area contributed by atoms with E-state index in [2.05, 4.69) is 120 Å². The van der Waals surface area contributed by atoms with Crippen molar-refractivity contribution >= 4 is 17.7 Å². The number of hydrogen-bond donors (Lipinski definition) is 4. The first-order chi connectivity index (χ1) is 27.0. The molecule has 7 rings (SSSR count). The minimum atomic E-state index is -0.835. The average Bonchev–Trinajstić information content (AvgIpc) is 3.55. The van der Waals surface area contributed by atoms with E-state index in [1.807, 2.05) is 36.4 Å². The van der Waals surface area contributed by atoms with E-state index in [1.54, 1.807) is 24.3 Å². The Morgan fingerprint density at radius 1 is 0.673 bits per heavy atom. The molecule has 0 bridgehead atoms. The third-order valence-electron chi connectivity index (χ3n) is 10.6. The van der Waals surface area contributed by atoms with Crippen LogP contribution in [-0.4, -0.2) is 36.3 Å². The Balaban J connectivity index is 1.05. The van der Waals surface area contributed by atoms with Crippen molar-refractivity contribution in [2.45, 2.75) is 50.3 Å². The van der Waals surface area contributed by atoms with Crippen LogP contribution in [0.4, 0.5) is 10.5 Å². The summed E-state index contributed by atoms with van der Waals surface area (Å²) in [6.45, 7) is 2.81. The summed E-state index contributed by atoms with van der Waals surface area (Å²) in [4.78, 5) is 27.2. The average molecular weight is 730 g/mol. The Bertz CT molecular complexity index is 2100. The lowest BCUT2D eigenvalue weighted by molar-refractivity contribution is -0.118. The molecule has 0 saturated heterocycles. The normalized spacial score (nSPS) is 12.7. The van der Waals surface area contributed by atoms with Gasteiger partial charge in [-0.1, -0.05) is 151 Å². The van der Waals surface area contributed by atoms with Crippen LogP contribution in [0.1, 0.15) is 64.1 Å². The summed E-state index contributed by atoms with van der Waals surface area (Å²) in [5.74, 6) is -0.426. The number of aliphatic hydroxyl groups is 1. The number of benzene rings is 6. The molecule has 4 N–H and O–H groups in total. The number of rotatable bonds is 15. The molecule has 1 aliphatic carbocycles. The van der Waals surface area contributed by atoms with Crippen LogP contribution in [0.5, 0.6) is 0 Å². The molecule has 278 valence electrons. The molecule has 1 aliphatic rings. The van der Waals surface area contributed by atoms with E-state index in [9.17, 15) is 14.7 Å². The summed E-state index contributed by atoms with van der Waals surface area (Å²) >= 11 is 0. The maximum Gasteiger partial charge on any atom is 0.407 e. The lowest BCUT2D eigenvalue weighted by Crippen LogP contribution is -2.45. The molecule has 0 radical (unpaired) electrons. The standard InChI is InChI=1S/C48H47N3O4/c1-34-23-27-38(28-24-34)48(36-14-4-2-5-15-36,37-16-6-3-7-17-37)49-31-13-12-22-45(46(53)50-39-29-25-35(32-52)26-30-39)51-47(54)55-33-44-42-20-10-8-18-40(42)41-19-9-11-21-43(41)44/h2-11,14-21,23-30,44-45,49,52H,12-13,22,31-33H2,1H3,(H,50,53)(H,51,54)/t45-/m1/s1. The van der Waals surface area contributed by atoms with Gasteiger partial charge in [0, 0.05) is 11.6 Å². The minimum Gasteiger partial charge on any atom is -0.449 e. The van der Waals surface area contributed by atoms with E-state index in [0.29, 0.717) is 25.1 Å². The maximum absolute atomic E-state index is 13.7. The topological polar surface area (TPSA) is 99.7 Å². The first-order valence-electron chi connectivity index (χ1n) is 19.0. The number of anilines is 1. The maximum atomic E-state index is 13.7. The Kier molecular flexibility index (Phi) is 11.8. The van der Waals surface area contributed by atoms with Crippen molar-refractivity contribution in [3.63, 3.8) is 0 Å². The van der Waals surface area contributed by atoms with Gasteiger partial charge in [0.25, 0.3) is 0 Å². The summed E-state index contributed by atoms with van der Waals surface area (Å²) in [5.41, 5.74) is 9.85. The highest BCUT2D eigenvalue weighted by atomic mass is 16.5. The van der Waals surface area contributed by atoms with Gasteiger partial charge < -0.3 is 20.5 Å². The van der Waals surface area contributed by atoms with E-state index >= 15 is 0 Å². The second-order valence-corrected chi connectivity index (χ2v) is 14.1. The number of aliphatic hydroxyl groups excluding tert-OH is 1. The number of aryl methyl sites for hydroxylation is 1. The third-order valence-corrected chi connectivity index (χ3v) is 10.6. The summed E-state index contributed by atoms with van der Waals surface area (Å²) in [5, 5.41) is 19.2. The van der Waals surface area contributed by atoms with Gasteiger partial charge in [0.2, 0.25) is 5.91 Å². The van der Waals surface area contributed by atoms with Crippen molar-refractivity contribution in [2.24, 2.45) is 0 Å². The summed E-state index contributed by atoms with van der Waals surface area (Å²) in [6.07, 6.45) is 1.17. The van der Waals surface area contributed by atoms with E-state index < -0.39 is 17.7 Å². The van der Waals surface area contributed by atoms with Gasteiger partial charge in [-0.15, -0.1) is 0 Å². The fraction of sp³-hybridized carbons (Fsp3) is 0.208. The van der Waals surface area contributed by atoms with Gasteiger partial charge in [-0.05, 0) is 89.4 Å². The number of unbranched alkanes of at least 4 members (excludes halogenated alkanes) is 1. The molecular weight excluding hydrogens is 683 g/mol. The molecule has 55 heavy (non-hydrogen) atoms. The van der Waals surface area contributed by atoms with Crippen LogP contribution in [-0.2, 0) is 21.7 Å². The highest BCUT2D eigenvalue weighted by Crippen LogP contribution is 2.44. The predicted octanol–water partition coefficient (Wildman–Crippen LogP) is 9.09. The molecule has 0 fully saturated rings. The lowest BCUT2D eigenvalue weighted by atomic mass is 9.76. The van der Waals surface area contributed by atoms with Crippen molar-refractivity contribution in [1.29, 1.82) is 0 Å². The third kappa shape index (κ3) is 8.39. The second-order valence-electron chi connectivity index (χ2n) is 14.1. The monoisotopic (exact) mass is 729 g/mol. The Morgan fingerprint density at radius 2 is 1.22 bits per heavy atom. The molecule has 7 nitrogen and oxygen atoms in total. The second kappa shape index (κ2) is 17.4. The first-order valence-corrected chi connectivity index (χ1v) is 19.0. The highest BCUT2D eigenvalue weighted by Gasteiger charge is 2.36.